The number of carbonyl (C=O) groups excluding carboxylic acids is 2. The van der Waals surface area contributed by atoms with E-state index in [1.54, 1.807) is 53.7 Å². The molecule has 1 aliphatic rings. The fourth-order valence-corrected chi connectivity index (χ4v) is 5.98. The van der Waals surface area contributed by atoms with E-state index >= 15 is 0 Å². The molecule has 11 nitrogen and oxygen atoms in total. The average molecular weight is 642 g/mol. The minimum Gasteiger partial charge on any atom is -0.363 e. The summed E-state index contributed by atoms with van der Waals surface area (Å²) in [4.78, 5) is 43.2. The van der Waals surface area contributed by atoms with E-state index < -0.39 is 15.9 Å². The Morgan fingerprint density at radius 3 is 2.21 bits per heavy atom. The van der Waals surface area contributed by atoms with Crippen LogP contribution in [0.2, 0.25) is 10.0 Å². The van der Waals surface area contributed by atoms with E-state index in [2.05, 4.69) is 15.3 Å². The Kier molecular flexibility index (Phi) is 9.29. The number of sulfonamides is 1. The Morgan fingerprint density at radius 1 is 0.884 bits per heavy atom. The lowest BCUT2D eigenvalue weighted by atomic mass is 10.2. The van der Waals surface area contributed by atoms with Crippen molar-refractivity contribution in [3.63, 3.8) is 0 Å². The predicted octanol–water partition coefficient (Wildman–Crippen LogP) is 4.05. The van der Waals surface area contributed by atoms with Gasteiger partial charge in [0.25, 0.3) is 15.9 Å². The fourth-order valence-electron chi connectivity index (χ4n) is 4.28. The number of rotatable bonds is 9. The maximum absolute atomic E-state index is 13.7. The molecular formula is C29H26Cl2N6O5S. The van der Waals surface area contributed by atoms with Gasteiger partial charge in [-0.15, -0.1) is 0 Å². The highest BCUT2D eigenvalue weighted by Gasteiger charge is 2.29. The third-order valence-electron chi connectivity index (χ3n) is 6.54. The summed E-state index contributed by atoms with van der Waals surface area (Å²) in [5.41, 5.74) is 0.414. The molecule has 0 atom stereocenters. The molecule has 222 valence electrons. The number of carbonyl (C=O) groups is 2. The van der Waals surface area contributed by atoms with Crippen LogP contribution < -0.4 is 19.5 Å². The molecule has 5 rings (SSSR count). The van der Waals surface area contributed by atoms with E-state index in [1.807, 2.05) is 4.90 Å². The van der Waals surface area contributed by atoms with E-state index in [4.69, 9.17) is 28.0 Å². The summed E-state index contributed by atoms with van der Waals surface area (Å²) in [7, 11) is -4.27. The standard InChI is InChI=1S/C29H26Cl2N6O5S/c30-22-9-12-26(25(31)19-22)42-37(23-5-2-1-3-6-23)43(40,41)24-10-7-21(8-11-24)28(39)34-20-27(38)35-15-17-36(18-16-35)29-32-13-4-14-33-29/h1-14,19H,15-18,20H2,(H,34,39). The van der Waals surface area contributed by atoms with Crippen LogP contribution in [0.4, 0.5) is 11.6 Å². The number of benzene rings is 3. The monoisotopic (exact) mass is 640 g/mol. The first kappa shape index (κ1) is 30.1. The highest BCUT2D eigenvalue weighted by Crippen LogP contribution is 2.32. The first-order valence-electron chi connectivity index (χ1n) is 13.1. The zero-order chi connectivity index (χ0) is 30.4. The van der Waals surface area contributed by atoms with E-state index in [9.17, 15) is 18.0 Å². The number of amides is 2. The number of piperazine rings is 1. The number of hydrogen-bond acceptors (Lipinski definition) is 8. The van der Waals surface area contributed by atoms with Gasteiger partial charge in [-0.05, 0) is 60.7 Å². The number of para-hydroxylation sites is 1. The first-order chi connectivity index (χ1) is 20.7. The molecule has 0 spiro atoms. The molecule has 14 heteroatoms. The molecule has 43 heavy (non-hydrogen) atoms. The maximum atomic E-state index is 13.7. The topological polar surface area (TPSA) is 125 Å². The Balaban J connectivity index is 1.23. The molecule has 1 aromatic heterocycles. The number of aromatic nitrogens is 2. The highest BCUT2D eigenvalue weighted by molar-refractivity contribution is 7.92. The van der Waals surface area contributed by atoms with Crippen molar-refractivity contribution in [2.24, 2.45) is 0 Å². The number of halogens is 2. The molecule has 3 aromatic carbocycles. The molecule has 2 amide bonds. The van der Waals surface area contributed by atoms with Gasteiger partial charge < -0.3 is 20.0 Å². The van der Waals surface area contributed by atoms with E-state index in [-0.39, 0.29) is 39.4 Å². The van der Waals surface area contributed by atoms with Gasteiger partial charge in [0.05, 0.1) is 22.2 Å². The minimum absolute atomic E-state index is 0.0778. The average Bonchev–Trinajstić information content (AvgIpc) is 3.04. The second-order valence-electron chi connectivity index (χ2n) is 9.36. The van der Waals surface area contributed by atoms with Crippen LogP contribution in [-0.4, -0.2) is 67.8 Å². The molecular weight excluding hydrogens is 615 g/mol. The molecule has 0 bridgehead atoms. The number of nitrogens with one attached hydrogen (secondary N) is 1. The molecule has 1 saturated heterocycles. The van der Waals surface area contributed by atoms with Crippen LogP contribution in [0, 0.1) is 0 Å². The maximum Gasteiger partial charge on any atom is 0.295 e. The molecule has 4 aromatic rings. The zero-order valence-corrected chi connectivity index (χ0v) is 25.0. The van der Waals surface area contributed by atoms with Gasteiger partial charge in [-0.1, -0.05) is 45.9 Å². The van der Waals surface area contributed by atoms with Crippen molar-refractivity contribution in [1.82, 2.24) is 20.2 Å². The molecule has 2 heterocycles. The lowest BCUT2D eigenvalue weighted by Gasteiger charge is -2.34. The smallest absolute Gasteiger partial charge is 0.295 e. The van der Waals surface area contributed by atoms with Crippen LogP contribution >= 0.6 is 23.2 Å². The number of hydrogen-bond donors (Lipinski definition) is 1. The quantitative estimate of drug-likeness (QED) is 0.272. The van der Waals surface area contributed by atoms with Crippen LogP contribution in [0.1, 0.15) is 10.4 Å². The van der Waals surface area contributed by atoms with Crippen LogP contribution in [0.5, 0.6) is 5.75 Å². The Morgan fingerprint density at radius 2 is 1.56 bits per heavy atom. The summed E-state index contributed by atoms with van der Waals surface area (Å²) < 4.78 is 28.1. The van der Waals surface area contributed by atoms with Crippen LogP contribution in [-0.2, 0) is 14.8 Å². The second-order valence-corrected chi connectivity index (χ2v) is 12.0. The van der Waals surface area contributed by atoms with E-state index in [0.717, 1.165) is 4.47 Å². The normalized spacial score (nSPS) is 13.3. The van der Waals surface area contributed by atoms with Gasteiger partial charge in [-0.3, -0.25) is 9.59 Å². The molecule has 0 unspecified atom stereocenters. The van der Waals surface area contributed by atoms with Crippen molar-refractivity contribution in [3.05, 3.63) is 107 Å². The summed E-state index contributed by atoms with van der Waals surface area (Å²) in [6.45, 7) is 1.90. The van der Waals surface area contributed by atoms with Crippen molar-refractivity contribution in [1.29, 1.82) is 0 Å². The molecule has 0 saturated carbocycles. The SMILES string of the molecule is O=C(NCC(=O)N1CCN(c2ncccn2)CC1)c1ccc(S(=O)(=O)N(Oc2ccc(Cl)cc2Cl)c2ccccc2)cc1. The minimum atomic E-state index is -4.27. The van der Waals surface area contributed by atoms with Gasteiger partial charge in [0.15, 0.2) is 5.75 Å². The summed E-state index contributed by atoms with van der Waals surface area (Å²) in [5, 5.41) is 3.10. The Bertz CT molecular complexity index is 1690. The molecule has 1 fully saturated rings. The number of nitrogens with zero attached hydrogens (tertiary/aromatic N) is 5. The van der Waals surface area contributed by atoms with Crippen molar-refractivity contribution >= 4 is 56.7 Å². The summed E-state index contributed by atoms with van der Waals surface area (Å²) in [6.07, 6.45) is 3.34. The van der Waals surface area contributed by atoms with Crippen molar-refractivity contribution in [2.45, 2.75) is 4.90 Å². The molecule has 0 aliphatic carbocycles. The van der Waals surface area contributed by atoms with Crippen molar-refractivity contribution < 1.29 is 22.8 Å². The summed E-state index contributed by atoms with van der Waals surface area (Å²) in [5.74, 6) is -0.0509. The van der Waals surface area contributed by atoms with Gasteiger partial charge in [-0.25, -0.2) is 9.97 Å². The van der Waals surface area contributed by atoms with Gasteiger partial charge in [0.1, 0.15) is 0 Å². The van der Waals surface area contributed by atoms with E-state index in [1.165, 1.54) is 42.5 Å². The van der Waals surface area contributed by atoms with Gasteiger partial charge >= 0.3 is 0 Å². The van der Waals surface area contributed by atoms with Crippen LogP contribution in [0.25, 0.3) is 0 Å². The lowest BCUT2D eigenvalue weighted by molar-refractivity contribution is -0.130. The van der Waals surface area contributed by atoms with Gasteiger partial charge in [0, 0.05) is 49.2 Å². The van der Waals surface area contributed by atoms with Crippen LogP contribution in [0.3, 0.4) is 0 Å². The third-order valence-corrected chi connectivity index (χ3v) is 8.66. The third kappa shape index (κ3) is 7.16. The van der Waals surface area contributed by atoms with E-state index in [0.29, 0.717) is 37.1 Å². The van der Waals surface area contributed by atoms with Gasteiger partial charge in [0.2, 0.25) is 11.9 Å². The van der Waals surface area contributed by atoms with Gasteiger partial charge in [-0.2, -0.15) is 8.42 Å². The van der Waals surface area contributed by atoms with Crippen molar-refractivity contribution in [2.75, 3.05) is 42.1 Å². The summed E-state index contributed by atoms with van der Waals surface area (Å²) in [6, 6.07) is 19.7. The zero-order valence-electron chi connectivity index (χ0n) is 22.6. The fraction of sp³-hybridized carbons (Fsp3) is 0.172. The lowest BCUT2D eigenvalue weighted by Crippen LogP contribution is -2.51. The van der Waals surface area contributed by atoms with Crippen molar-refractivity contribution in [3.8, 4) is 5.75 Å². The Labute approximate surface area is 258 Å². The molecule has 1 N–H and O–H groups in total. The number of anilines is 2. The second kappa shape index (κ2) is 13.3. The largest absolute Gasteiger partial charge is 0.363 e. The first-order valence-corrected chi connectivity index (χ1v) is 15.3. The predicted molar refractivity (Wildman–Crippen MR) is 163 cm³/mol. The Hall–Kier alpha value is -4.39. The van der Waals surface area contributed by atoms with Crippen LogP contribution in [0.15, 0.2) is 96.2 Å². The highest BCUT2D eigenvalue weighted by atomic mass is 35.5. The molecule has 0 radical (unpaired) electrons. The summed E-state index contributed by atoms with van der Waals surface area (Å²) >= 11 is 12.2. The molecule has 1 aliphatic heterocycles.